The zero-order valence-electron chi connectivity index (χ0n) is 9.79. The van der Waals surface area contributed by atoms with Crippen molar-refractivity contribution in [3.63, 3.8) is 0 Å². The summed E-state index contributed by atoms with van der Waals surface area (Å²) in [6.07, 6.45) is 3.92. The number of piperidine rings is 1. The molecule has 1 fully saturated rings. The third-order valence-corrected chi connectivity index (χ3v) is 3.50. The average Bonchev–Trinajstić information content (AvgIpc) is 2.22. The molecule has 0 saturated carbocycles. The molecular weight excluding hydrogens is 182 g/mol. The van der Waals surface area contributed by atoms with Gasteiger partial charge >= 0.3 is 0 Å². The van der Waals surface area contributed by atoms with Crippen LogP contribution in [0.5, 0.6) is 0 Å². The van der Waals surface area contributed by atoms with Crippen LogP contribution in [-0.2, 0) is 6.42 Å². The summed E-state index contributed by atoms with van der Waals surface area (Å²) in [5.41, 5.74) is 2.99. The van der Waals surface area contributed by atoms with Crippen LogP contribution in [0.3, 0.4) is 0 Å². The van der Waals surface area contributed by atoms with E-state index in [9.17, 15) is 0 Å². The Labute approximate surface area is 92.9 Å². The molecule has 1 nitrogen and oxygen atoms in total. The normalized spacial score (nSPS) is 26.5. The van der Waals surface area contributed by atoms with E-state index in [1.54, 1.807) is 0 Å². The summed E-state index contributed by atoms with van der Waals surface area (Å²) >= 11 is 0. The van der Waals surface area contributed by atoms with E-state index in [2.05, 4.69) is 43.4 Å². The summed E-state index contributed by atoms with van der Waals surface area (Å²) < 4.78 is 0. The molecule has 15 heavy (non-hydrogen) atoms. The molecule has 0 radical (unpaired) electrons. The van der Waals surface area contributed by atoms with Gasteiger partial charge in [0, 0.05) is 6.04 Å². The van der Waals surface area contributed by atoms with Gasteiger partial charge in [0.25, 0.3) is 0 Å². The van der Waals surface area contributed by atoms with E-state index in [-0.39, 0.29) is 0 Å². The van der Waals surface area contributed by atoms with Crippen LogP contribution in [0.2, 0.25) is 0 Å². The van der Waals surface area contributed by atoms with Crippen LogP contribution in [0.25, 0.3) is 0 Å². The van der Waals surface area contributed by atoms with E-state index in [0.717, 1.165) is 5.92 Å². The minimum atomic E-state index is 0.702. The second-order valence-corrected chi connectivity index (χ2v) is 4.88. The molecule has 2 unspecified atom stereocenters. The van der Waals surface area contributed by atoms with Gasteiger partial charge in [0.15, 0.2) is 0 Å². The van der Waals surface area contributed by atoms with Crippen molar-refractivity contribution >= 4 is 0 Å². The fourth-order valence-corrected chi connectivity index (χ4v) is 2.57. The quantitative estimate of drug-likeness (QED) is 0.779. The van der Waals surface area contributed by atoms with Crippen LogP contribution in [0.1, 0.15) is 30.9 Å². The molecule has 1 aromatic carbocycles. The van der Waals surface area contributed by atoms with Gasteiger partial charge in [-0.15, -0.1) is 0 Å². The number of nitrogens with one attached hydrogen (secondary N) is 1. The standard InChI is InChI=1S/C14H21N/c1-11-5-3-4-6-14(11)10-13-7-8-15-12(2)9-13/h3-6,12-13,15H,7-10H2,1-2H3. The molecule has 1 aromatic rings. The van der Waals surface area contributed by atoms with Crippen molar-refractivity contribution in [1.82, 2.24) is 5.32 Å². The van der Waals surface area contributed by atoms with Gasteiger partial charge in [-0.2, -0.15) is 0 Å². The van der Waals surface area contributed by atoms with Crippen molar-refractivity contribution in [3.8, 4) is 0 Å². The fourth-order valence-electron chi connectivity index (χ4n) is 2.57. The van der Waals surface area contributed by atoms with Gasteiger partial charge < -0.3 is 5.32 Å². The highest BCUT2D eigenvalue weighted by molar-refractivity contribution is 5.26. The Morgan fingerprint density at radius 1 is 1.33 bits per heavy atom. The maximum Gasteiger partial charge on any atom is 0.00414 e. The molecule has 1 heterocycles. The first-order chi connectivity index (χ1) is 7.25. The number of hydrogen-bond donors (Lipinski definition) is 1. The van der Waals surface area contributed by atoms with E-state index in [0.29, 0.717) is 6.04 Å². The largest absolute Gasteiger partial charge is 0.314 e. The lowest BCUT2D eigenvalue weighted by Crippen LogP contribution is -2.36. The smallest absolute Gasteiger partial charge is 0.00414 e. The summed E-state index contributed by atoms with van der Waals surface area (Å²) in [5, 5.41) is 3.51. The lowest BCUT2D eigenvalue weighted by atomic mass is 9.86. The Balaban J connectivity index is 1.99. The lowest BCUT2D eigenvalue weighted by Gasteiger charge is -2.28. The topological polar surface area (TPSA) is 12.0 Å². The van der Waals surface area contributed by atoms with Crippen LogP contribution < -0.4 is 5.32 Å². The molecule has 0 spiro atoms. The summed E-state index contributed by atoms with van der Waals surface area (Å²) in [6.45, 7) is 5.71. The predicted octanol–water partition coefficient (Wildman–Crippen LogP) is 2.93. The third kappa shape index (κ3) is 2.82. The van der Waals surface area contributed by atoms with Crippen molar-refractivity contribution in [2.24, 2.45) is 5.92 Å². The zero-order chi connectivity index (χ0) is 10.7. The van der Waals surface area contributed by atoms with E-state index in [1.165, 1.54) is 36.9 Å². The van der Waals surface area contributed by atoms with Crippen molar-refractivity contribution in [1.29, 1.82) is 0 Å². The maximum absolute atomic E-state index is 3.51. The van der Waals surface area contributed by atoms with Crippen LogP contribution in [-0.4, -0.2) is 12.6 Å². The minimum Gasteiger partial charge on any atom is -0.314 e. The Hall–Kier alpha value is -0.820. The molecule has 0 aromatic heterocycles. The number of hydrogen-bond acceptors (Lipinski definition) is 1. The molecule has 1 N–H and O–H groups in total. The molecule has 1 saturated heterocycles. The summed E-state index contributed by atoms with van der Waals surface area (Å²) in [5.74, 6) is 0.877. The van der Waals surface area contributed by atoms with Crippen LogP contribution in [0.4, 0.5) is 0 Å². The Morgan fingerprint density at radius 3 is 2.87 bits per heavy atom. The zero-order valence-corrected chi connectivity index (χ0v) is 9.79. The molecule has 2 rings (SSSR count). The first-order valence-corrected chi connectivity index (χ1v) is 6.03. The van der Waals surface area contributed by atoms with E-state index >= 15 is 0 Å². The van der Waals surface area contributed by atoms with Gasteiger partial charge in [-0.25, -0.2) is 0 Å². The number of aryl methyl sites for hydroxylation is 1. The molecule has 1 heteroatoms. The monoisotopic (exact) mass is 203 g/mol. The first-order valence-electron chi connectivity index (χ1n) is 6.03. The molecule has 0 amide bonds. The summed E-state index contributed by atoms with van der Waals surface area (Å²) in [4.78, 5) is 0. The van der Waals surface area contributed by atoms with Gasteiger partial charge in [-0.1, -0.05) is 24.3 Å². The van der Waals surface area contributed by atoms with E-state index in [1.807, 2.05) is 0 Å². The number of benzene rings is 1. The molecule has 0 aliphatic carbocycles. The second kappa shape index (κ2) is 4.80. The van der Waals surface area contributed by atoms with Gasteiger partial charge in [-0.05, 0) is 56.7 Å². The molecule has 82 valence electrons. The minimum absolute atomic E-state index is 0.702. The van der Waals surface area contributed by atoms with Crippen molar-refractivity contribution in [2.45, 2.75) is 39.2 Å². The number of rotatable bonds is 2. The van der Waals surface area contributed by atoms with Gasteiger partial charge in [0.1, 0.15) is 0 Å². The first kappa shape index (κ1) is 10.7. The Kier molecular flexibility index (Phi) is 3.42. The maximum atomic E-state index is 3.51. The Morgan fingerprint density at radius 2 is 2.13 bits per heavy atom. The lowest BCUT2D eigenvalue weighted by molar-refractivity contribution is 0.313. The van der Waals surface area contributed by atoms with Crippen molar-refractivity contribution in [3.05, 3.63) is 35.4 Å². The summed E-state index contributed by atoms with van der Waals surface area (Å²) in [6, 6.07) is 9.49. The highest BCUT2D eigenvalue weighted by Gasteiger charge is 2.18. The predicted molar refractivity (Wildman–Crippen MR) is 65.1 cm³/mol. The Bertz CT molecular complexity index is 319. The highest BCUT2D eigenvalue weighted by Crippen LogP contribution is 2.22. The van der Waals surface area contributed by atoms with Crippen molar-refractivity contribution < 1.29 is 0 Å². The van der Waals surface area contributed by atoms with E-state index < -0.39 is 0 Å². The molecule has 1 aliphatic heterocycles. The van der Waals surface area contributed by atoms with Crippen molar-refractivity contribution in [2.75, 3.05) is 6.54 Å². The summed E-state index contributed by atoms with van der Waals surface area (Å²) in [7, 11) is 0. The molecule has 0 bridgehead atoms. The molecule has 2 atom stereocenters. The van der Waals surface area contributed by atoms with Gasteiger partial charge in [0.05, 0.1) is 0 Å². The van der Waals surface area contributed by atoms with Crippen LogP contribution in [0.15, 0.2) is 24.3 Å². The molecule has 1 aliphatic rings. The van der Waals surface area contributed by atoms with Gasteiger partial charge in [0.2, 0.25) is 0 Å². The highest BCUT2D eigenvalue weighted by atomic mass is 14.9. The average molecular weight is 203 g/mol. The second-order valence-electron chi connectivity index (χ2n) is 4.88. The fraction of sp³-hybridized carbons (Fsp3) is 0.571. The third-order valence-electron chi connectivity index (χ3n) is 3.50. The van der Waals surface area contributed by atoms with Crippen LogP contribution in [0, 0.1) is 12.8 Å². The van der Waals surface area contributed by atoms with Crippen LogP contribution >= 0.6 is 0 Å². The molecular formula is C14H21N. The van der Waals surface area contributed by atoms with E-state index in [4.69, 9.17) is 0 Å². The van der Waals surface area contributed by atoms with Gasteiger partial charge in [-0.3, -0.25) is 0 Å². The SMILES string of the molecule is Cc1ccccc1CC1CCNC(C)C1.